The summed E-state index contributed by atoms with van der Waals surface area (Å²) in [6.45, 7) is 2.10. The molecule has 2 fully saturated rings. The fourth-order valence-corrected chi connectivity index (χ4v) is 4.87. The number of aliphatic hydroxyl groups is 4. The van der Waals surface area contributed by atoms with Crippen LogP contribution in [0, 0.1) is 0 Å². The number of benzene rings is 2. The lowest BCUT2D eigenvalue weighted by atomic mass is 9.80. The quantitative estimate of drug-likeness (QED) is 0.556. The van der Waals surface area contributed by atoms with E-state index in [1.807, 2.05) is 37.3 Å². The molecule has 0 radical (unpaired) electrons. The van der Waals surface area contributed by atoms with E-state index in [1.54, 1.807) is 12.1 Å². The van der Waals surface area contributed by atoms with Gasteiger partial charge in [-0.05, 0) is 61.1 Å². The Bertz CT molecular complexity index is 903. The van der Waals surface area contributed by atoms with E-state index < -0.39 is 36.1 Å². The van der Waals surface area contributed by atoms with Gasteiger partial charge in [-0.25, -0.2) is 0 Å². The maximum atomic E-state index is 10.8. The number of hydrogen-bond acceptors (Lipinski definition) is 6. The van der Waals surface area contributed by atoms with Crippen molar-refractivity contribution in [2.24, 2.45) is 0 Å². The first-order chi connectivity index (χ1) is 14.3. The fourth-order valence-electron chi connectivity index (χ4n) is 4.68. The van der Waals surface area contributed by atoms with Crippen LogP contribution in [-0.4, -0.2) is 57.6 Å². The van der Waals surface area contributed by atoms with Crippen molar-refractivity contribution in [3.63, 3.8) is 0 Å². The van der Waals surface area contributed by atoms with E-state index in [0.717, 1.165) is 16.9 Å². The highest BCUT2D eigenvalue weighted by atomic mass is 35.5. The van der Waals surface area contributed by atoms with Gasteiger partial charge in [-0.15, -0.1) is 0 Å². The van der Waals surface area contributed by atoms with Gasteiger partial charge in [0, 0.05) is 5.02 Å². The average Bonchev–Trinajstić information content (AvgIpc) is 3.14. The second kappa shape index (κ2) is 8.11. The largest absolute Gasteiger partial charge is 0.494 e. The number of hydrogen-bond donors (Lipinski definition) is 4. The predicted octanol–water partition coefficient (Wildman–Crippen LogP) is 2.16. The SMILES string of the molecule is CCOc1ccc(Cc2cc([C@]34CC[C@](CO)(O3)C(O)C(O)[C@H]4O)ccc2Cl)cc1. The van der Waals surface area contributed by atoms with Crippen molar-refractivity contribution >= 4 is 11.6 Å². The zero-order chi connectivity index (χ0) is 21.5. The van der Waals surface area contributed by atoms with Gasteiger partial charge < -0.3 is 29.9 Å². The molecule has 4 rings (SSSR count). The van der Waals surface area contributed by atoms with Crippen molar-refractivity contribution in [3.05, 3.63) is 64.2 Å². The molecule has 0 aromatic heterocycles. The lowest BCUT2D eigenvalue weighted by Crippen LogP contribution is -2.64. The highest BCUT2D eigenvalue weighted by Gasteiger charge is 2.65. The predicted molar refractivity (Wildman–Crippen MR) is 112 cm³/mol. The molecular weight excluding hydrogens is 408 g/mol. The first-order valence-corrected chi connectivity index (χ1v) is 10.6. The lowest BCUT2D eigenvalue weighted by molar-refractivity contribution is -0.289. The fraction of sp³-hybridized carbons (Fsp3) is 0.478. The number of aliphatic hydroxyl groups excluding tert-OH is 4. The molecule has 2 aromatic carbocycles. The summed E-state index contributed by atoms with van der Waals surface area (Å²) in [4.78, 5) is 0. The van der Waals surface area contributed by atoms with Gasteiger partial charge in [0.15, 0.2) is 0 Å². The van der Waals surface area contributed by atoms with Crippen LogP contribution in [0.25, 0.3) is 0 Å². The third kappa shape index (κ3) is 3.42. The van der Waals surface area contributed by atoms with Crippen LogP contribution in [0.15, 0.2) is 42.5 Å². The maximum absolute atomic E-state index is 10.8. The van der Waals surface area contributed by atoms with E-state index in [1.165, 1.54) is 0 Å². The van der Waals surface area contributed by atoms with E-state index in [-0.39, 0.29) is 0 Å². The Kier molecular flexibility index (Phi) is 5.83. The van der Waals surface area contributed by atoms with Crippen LogP contribution in [0.5, 0.6) is 5.75 Å². The molecule has 4 N–H and O–H groups in total. The Hall–Kier alpha value is -1.67. The second-order valence-corrected chi connectivity index (χ2v) is 8.56. The van der Waals surface area contributed by atoms with Crippen LogP contribution in [-0.2, 0) is 16.8 Å². The first-order valence-electron chi connectivity index (χ1n) is 10.2. The summed E-state index contributed by atoms with van der Waals surface area (Å²) in [6, 6.07) is 13.2. The van der Waals surface area contributed by atoms with Crippen molar-refractivity contribution in [2.45, 2.75) is 55.7 Å². The van der Waals surface area contributed by atoms with E-state index in [9.17, 15) is 20.4 Å². The van der Waals surface area contributed by atoms with Crippen LogP contribution >= 0.6 is 11.6 Å². The second-order valence-electron chi connectivity index (χ2n) is 8.15. The molecule has 0 aliphatic carbocycles. The minimum Gasteiger partial charge on any atom is -0.494 e. The molecule has 2 bridgehead atoms. The van der Waals surface area contributed by atoms with E-state index >= 15 is 0 Å². The molecule has 2 unspecified atom stereocenters. The van der Waals surface area contributed by atoms with Crippen LogP contribution in [0.1, 0.15) is 36.5 Å². The highest BCUT2D eigenvalue weighted by molar-refractivity contribution is 6.31. The van der Waals surface area contributed by atoms with Crippen LogP contribution < -0.4 is 4.74 Å². The molecule has 2 aliphatic rings. The maximum Gasteiger partial charge on any atom is 0.123 e. The summed E-state index contributed by atoms with van der Waals surface area (Å²) in [5.41, 5.74) is 0.0755. The molecule has 2 aliphatic heterocycles. The molecule has 2 heterocycles. The zero-order valence-corrected chi connectivity index (χ0v) is 17.5. The molecule has 2 aromatic rings. The van der Waals surface area contributed by atoms with Crippen molar-refractivity contribution < 1.29 is 29.9 Å². The highest BCUT2D eigenvalue weighted by Crippen LogP contribution is 2.54. The Morgan fingerprint density at radius 3 is 2.47 bits per heavy atom. The van der Waals surface area contributed by atoms with Gasteiger partial charge in [0.2, 0.25) is 0 Å². The number of rotatable bonds is 6. The van der Waals surface area contributed by atoms with Crippen molar-refractivity contribution in [3.8, 4) is 5.75 Å². The van der Waals surface area contributed by atoms with Crippen molar-refractivity contribution in [2.75, 3.05) is 13.2 Å². The molecule has 0 saturated carbocycles. The van der Waals surface area contributed by atoms with Crippen LogP contribution in [0.3, 0.4) is 0 Å². The minimum absolute atomic E-state index is 0.329. The Morgan fingerprint density at radius 1 is 1.07 bits per heavy atom. The van der Waals surface area contributed by atoms with Gasteiger partial charge >= 0.3 is 0 Å². The summed E-state index contributed by atoms with van der Waals surface area (Å²) in [7, 11) is 0. The van der Waals surface area contributed by atoms with Gasteiger partial charge in [0.05, 0.1) is 13.2 Å². The molecule has 5 atom stereocenters. The summed E-state index contributed by atoms with van der Waals surface area (Å²) < 4.78 is 11.6. The van der Waals surface area contributed by atoms with E-state index in [2.05, 4.69) is 0 Å². The van der Waals surface area contributed by atoms with Crippen molar-refractivity contribution in [1.82, 2.24) is 0 Å². The van der Waals surface area contributed by atoms with Gasteiger partial charge in [0.25, 0.3) is 0 Å². The molecule has 6 nitrogen and oxygen atoms in total. The molecule has 162 valence electrons. The molecule has 0 amide bonds. The molecule has 7 heteroatoms. The van der Waals surface area contributed by atoms with Gasteiger partial charge in [0.1, 0.15) is 35.3 Å². The van der Waals surface area contributed by atoms with Gasteiger partial charge in [-0.3, -0.25) is 0 Å². The summed E-state index contributed by atoms with van der Waals surface area (Å²) >= 11 is 6.45. The molecular formula is C23H27ClO6. The summed E-state index contributed by atoms with van der Waals surface area (Å²) in [6.07, 6.45) is -2.83. The third-order valence-corrected chi connectivity index (χ3v) is 6.77. The molecule has 2 saturated heterocycles. The Balaban J connectivity index is 1.66. The Labute approximate surface area is 180 Å². The topological polar surface area (TPSA) is 99.4 Å². The normalized spacial score (nSPS) is 32.9. The van der Waals surface area contributed by atoms with Gasteiger partial charge in [-0.2, -0.15) is 0 Å². The summed E-state index contributed by atoms with van der Waals surface area (Å²) in [5, 5.41) is 42.1. The zero-order valence-electron chi connectivity index (χ0n) is 16.8. The van der Waals surface area contributed by atoms with E-state index in [4.69, 9.17) is 21.1 Å². The average molecular weight is 435 g/mol. The number of fused-ring (bicyclic) bond motifs is 2. The Morgan fingerprint density at radius 2 is 1.80 bits per heavy atom. The summed E-state index contributed by atoms with van der Waals surface area (Å²) in [5.74, 6) is 0.803. The van der Waals surface area contributed by atoms with E-state index in [0.29, 0.717) is 36.5 Å². The van der Waals surface area contributed by atoms with Crippen LogP contribution in [0.2, 0.25) is 5.02 Å². The third-order valence-electron chi connectivity index (χ3n) is 6.40. The first kappa shape index (κ1) is 21.6. The minimum atomic E-state index is -1.42. The standard InChI is InChI=1S/C23H27ClO6/c1-2-29-17-6-3-14(4-7-17)11-15-12-16(5-8-18(15)24)23-10-9-22(13-25,30-23)20(27)19(26)21(23)28/h3-8,12,19-21,25-28H,2,9-11,13H2,1H3/t19?,20?,21-,22-,23+/m1/s1. The van der Waals surface area contributed by atoms with Crippen LogP contribution in [0.4, 0.5) is 0 Å². The smallest absolute Gasteiger partial charge is 0.123 e. The van der Waals surface area contributed by atoms with Crippen molar-refractivity contribution in [1.29, 1.82) is 0 Å². The molecule has 0 spiro atoms. The monoisotopic (exact) mass is 434 g/mol. The number of ether oxygens (including phenoxy) is 2. The molecule has 30 heavy (non-hydrogen) atoms. The number of halogens is 1. The van der Waals surface area contributed by atoms with Gasteiger partial charge in [-0.1, -0.05) is 35.9 Å². The lowest BCUT2D eigenvalue weighted by Gasteiger charge is -2.48.